The summed E-state index contributed by atoms with van der Waals surface area (Å²) in [5.74, 6) is 0. The van der Waals surface area contributed by atoms with Crippen molar-refractivity contribution in [3.63, 3.8) is 0 Å². The van der Waals surface area contributed by atoms with Crippen LogP contribution in [0, 0.1) is 0 Å². The van der Waals surface area contributed by atoms with Crippen molar-refractivity contribution in [2.24, 2.45) is 0 Å². The molecule has 102 valence electrons. The number of hydrogen-bond acceptors (Lipinski definition) is 5. The number of hydrogen-bond donors (Lipinski definition) is 2. The maximum atomic E-state index is 12.1. The first-order valence-corrected chi connectivity index (χ1v) is 7.06. The molecule has 0 atom stereocenters. The van der Waals surface area contributed by atoms with Crippen molar-refractivity contribution in [3.05, 3.63) is 17.7 Å². The monoisotopic (exact) mass is 293 g/mol. The van der Waals surface area contributed by atoms with Crippen molar-refractivity contribution in [2.75, 3.05) is 0 Å². The number of rotatable bonds is 4. The lowest BCUT2D eigenvalue weighted by Crippen LogP contribution is -2.57. The van der Waals surface area contributed by atoms with Gasteiger partial charge in [0.15, 0.2) is 0 Å². The molecule has 8 heteroatoms. The van der Waals surface area contributed by atoms with Crippen LogP contribution in [0.1, 0.15) is 27.7 Å². The van der Waals surface area contributed by atoms with Crippen LogP contribution in [0.4, 0.5) is 0 Å². The summed E-state index contributed by atoms with van der Waals surface area (Å²) in [6.07, 6.45) is 2.22. The molecule has 0 fully saturated rings. The van der Waals surface area contributed by atoms with Gasteiger partial charge in [0.1, 0.15) is 4.90 Å². The van der Waals surface area contributed by atoms with Gasteiger partial charge < -0.3 is 5.11 Å². The predicted molar refractivity (Wildman–Crippen MR) is 67.7 cm³/mol. The Morgan fingerprint density at radius 2 is 1.67 bits per heavy atom. The topological polar surface area (TPSA) is 92.2 Å². The third kappa shape index (κ3) is 3.38. The first-order valence-electron chi connectivity index (χ1n) is 5.20. The summed E-state index contributed by atoms with van der Waals surface area (Å²) in [6.45, 7) is 6.21. The van der Waals surface area contributed by atoms with Gasteiger partial charge in [-0.1, -0.05) is 0 Å². The predicted octanol–water partition coefficient (Wildman–Crippen LogP) is 0.958. The third-order valence-corrected chi connectivity index (χ3v) is 4.63. The Morgan fingerprint density at radius 3 is 2.06 bits per heavy atom. The Morgan fingerprint density at radius 1 is 1.22 bits per heavy atom. The Kier molecular flexibility index (Phi) is 4.02. The number of nitrogens with one attached hydrogen (secondary N) is 1. The van der Waals surface area contributed by atoms with Crippen molar-refractivity contribution < 1.29 is 13.5 Å². The van der Waals surface area contributed by atoms with Gasteiger partial charge in [-0.2, -0.15) is 0 Å². The number of aliphatic hydroxyl groups is 1. The smallest absolute Gasteiger partial charge is 0.244 e. The second-order valence-corrected chi connectivity index (χ2v) is 7.00. The summed E-state index contributed by atoms with van der Waals surface area (Å²) in [5, 5.41) is 9.89. The van der Waals surface area contributed by atoms with E-state index in [1.807, 2.05) is 0 Å². The van der Waals surface area contributed by atoms with Gasteiger partial charge in [-0.15, -0.1) is 0 Å². The number of aromatic nitrogens is 2. The molecule has 1 heterocycles. The van der Waals surface area contributed by atoms with Gasteiger partial charge in [-0.25, -0.2) is 23.1 Å². The Hall–Kier alpha value is -0.760. The Labute approximate surface area is 111 Å². The molecule has 18 heavy (non-hydrogen) atoms. The molecule has 6 nitrogen and oxygen atoms in total. The second-order valence-electron chi connectivity index (χ2n) is 4.98. The number of nitrogens with zero attached hydrogens (tertiary/aromatic N) is 2. The lowest BCUT2D eigenvalue weighted by molar-refractivity contribution is 0.00638. The van der Waals surface area contributed by atoms with Crippen LogP contribution >= 0.6 is 11.6 Å². The quantitative estimate of drug-likeness (QED) is 0.807. The minimum atomic E-state index is -3.81. The van der Waals surface area contributed by atoms with Gasteiger partial charge in [0.2, 0.25) is 15.3 Å². The first-order chi connectivity index (χ1) is 7.96. The highest BCUT2D eigenvalue weighted by atomic mass is 35.5. The third-order valence-electron chi connectivity index (χ3n) is 2.83. The van der Waals surface area contributed by atoms with E-state index in [1.165, 1.54) is 13.8 Å². The SMILES string of the molecule is CC(C)(O)C(C)(C)NS(=O)(=O)c1cnc(Cl)nc1. The Bertz CT molecular complexity index is 520. The minimum absolute atomic E-state index is 0.0318. The molecule has 1 aromatic rings. The second kappa shape index (κ2) is 4.73. The van der Waals surface area contributed by atoms with Crippen LogP contribution in [0.5, 0.6) is 0 Å². The summed E-state index contributed by atoms with van der Waals surface area (Å²) >= 11 is 5.49. The van der Waals surface area contributed by atoms with E-state index in [0.29, 0.717) is 0 Å². The standard InChI is InChI=1S/C10H16ClN3O3S/c1-9(2,10(3,4)15)14-18(16,17)7-5-12-8(11)13-6-7/h5-6,14-15H,1-4H3. The minimum Gasteiger partial charge on any atom is -0.389 e. The van der Waals surface area contributed by atoms with E-state index >= 15 is 0 Å². The molecule has 0 bridgehead atoms. The van der Waals surface area contributed by atoms with E-state index in [-0.39, 0.29) is 10.2 Å². The van der Waals surface area contributed by atoms with Gasteiger partial charge >= 0.3 is 0 Å². The van der Waals surface area contributed by atoms with Gasteiger partial charge in [0, 0.05) is 0 Å². The molecule has 0 unspecified atom stereocenters. The van der Waals surface area contributed by atoms with Gasteiger partial charge in [0.25, 0.3) is 0 Å². The van der Waals surface area contributed by atoms with Crippen LogP contribution in [-0.2, 0) is 10.0 Å². The summed E-state index contributed by atoms with van der Waals surface area (Å²) in [5.41, 5.74) is -2.28. The molecule has 0 aliphatic heterocycles. The van der Waals surface area contributed by atoms with Crippen LogP contribution in [0.2, 0.25) is 5.28 Å². The van der Waals surface area contributed by atoms with Crippen LogP contribution in [0.3, 0.4) is 0 Å². The zero-order valence-corrected chi connectivity index (χ0v) is 12.2. The number of halogens is 1. The molecule has 0 radical (unpaired) electrons. The van der Waals surface area contributed by atoms with E-state index in [1.54, 1.807) is 13.8 Å². The molecule has 1 rings (SSSR count). The lowest BCUT2D eigenvalue weighted by Gasteiger charge is -2.37. The van der Waals surface area contributed by atoms with Crippen molar-refractivity contribution >= 4 is 21.6 Å². The highest BCUT2D eigenvalue weighted by molar-refractivity contribution is 7.89. The van der Waals surface area contributed by atoms with E-state index in [9.17, 15) is 13.5 Å². The highest BCUT2D eigenvalue weighted by Gasteiger charge is 2.39. The molecule has 2 N–H and O–H groups in total. The number of sulfonamides is 1. The molecule has 0 aliphatic rings. The van der Waals surface area contributed by atoms with Crippen LogP contribution in [0.25, 0.3) is 0 Å². The zero-order valence-electron chi connectivity index (χ0n) is 10.6. The molecule has 0 spiro atoms. The molecule has 0 saturated carbocycles. The molecule has 0 aliphatic carbocycles. The molecular weight excluding hydrogens is 278 g/mol. The molecular formula is C10H16ClN3O3S. The normalized spacial score (nSPS) is 13.7. The fourth-order valence-electron chi connectivity index (χ4n) is 0.959. The van der Waals surface area contributed by atoms with Crippen molar-refractivity contribution in [2.45, 2.75) is 43.7 Å². The highest BCUT2D eigenvalue weighted by Crippen LogP contribution is 2.23. The van der Waals surface area contributed by atoms with Gasteiger partial charge in [-0.3, -0.25) is 0 Å². The average molecular weight is 294 g/mol. The Balaban J connectivity index is 3.07. The average Bonchev–Trinajstić information content (AvgIpc) is 2.14. The zero-order chi connectivity index (χ0) is 14.2. The summed E-state index contributed by atoms with van der Waals surface area (Å²) < 4.78 is 26.5. The van der Waals surface area contributed by atoms with E-state index in [4.69, 9.17) is 11.6 Å². The van der Waals surface area contributed by atoms with E-state index in [2.05, 4.69) is 14.7 Å². The van der Waals surface area contributed by atoms with Crippen molar-refractivity contribution in [3.8, 4) is 0 Å². The van der Waals surface area contributed by atoms with Crippen molar-refractivity contribution in [1.82, 2.24) is 14.7 Å². The van der Waals surface area contributed by atoms with Crippen LogP contribution in [0.15, 0.2) is 17.3 Å². The molecule has 1 aromatic heterocycles. The van der Waals surface area contributed by atoms with E-state index < -0.39 is 21.2 Å². The lowest BCUT2D eigenvalue weighted by atomic mass is 9.87. The van der Waals surface area contributed by atoms with Crippen LogP contribution < -0.4 is 4.72 Å². The first kappa shape index (κ1) is 15.3. The van der Waals surface area contributed by atoms with Gasteiger partial charge in [-0.05, 0) is 39.3 Å². The van der Waals surface area contributed by atoms with Crippen molar-refractivity contribution in [1.29, 1.82) is 0 Å². The van der Waals surface area contributed by atoms with Crippen LogP contribution in [-0.4, -0.2) is 34.6 Å². The maximum Gasteiger partial charge on any atom is 0.244 e. The summed E-state index contributed by atoms with van der Waals surface area (Å²) in [7, 11) is -3.81. The largest absolute Gasteiger partial charge is 0.389 e. The van der Waals surface area contributed by atoms with Gasteiger partial charge in [0.05, 0.1) is 23.5 Å². The fourth-order valence-corrected chi connectivity index (χ4v) is 2.48. The summed E-state index contributed by atoms with van der Waals surface area (Å²) in [6, 6.07) is 0. The fraction of sp³-hybridized carbons (Fsp3) is 0.600. The summed E-state index contributed by atoms with van der Waals surface area (Å²) in [4.78, 5) is 7.11. The maximum absolute atomic E-state index is 12.1. The van der Waals surface area contributed by atoms with E-state index in [0.717, 1.165) is 12.4 Å². The molecule has 0 saturated heterocycles. The molecule has 0 aromatic carbocycles. The molecule has 0 amide bonds.